The summed E-state index contributed by atoms with van der Waals surface area (Å²) in [7, 11) is 1.59. The number of allylic oxidation sites excluding steroid dienone is 1. The highest BCUT2D eigenvalue weighted by Gasteiger charge is 2.21. The van der Waals surface area contributed by atoms with Crippen molar-refractivity contribution in [1.82, 2.24) is 23.1 Å². The number of hydrogen-bond acceptors (Lipinski definition) is 4. The molecule has 0 saturated heterocycles. The Balaban J connectivity index is 2.58. The second kappa shape index (κ2) is 5.24. The molecule has 0 fully saturated rings. The Hall–Kier alpha value is -2.61. The Morgan fingerprint density at radius 2 is 1.91 bits per heavy atom. The zero-order valence-electron chi connectivity index (χ0n) is 13.4. The van der Waals surface area contributed by atoms with Gasteiger partial charge in [-0.25, -0.2) is 4.79 Å². The van der Waals surface area contributed by atoms with Crippen LogP contribution < -0.4 is 11.2 Å². The summed E-state index contributed by atoms with van der Waals surface area (Å²) < 4.78 is 6.10. The number of aliphatic hydroxyl groups is 1. The lowest BCUT2D eigenvalue weighted by molar-refractivity contribution is 0.276. The lowest BCUT2D eigenvalue weighted by Gasteiger charge is -2.06. The van der Waals surface area contributed by atoms with Crippen LogP contribution in [0.3, 0.4) is 0 Å². The summed E-state index contributed by atoms with van der Waals surface area (Å²) >= 11 is 0. The van der Waals surface area contributed by atoms with Crippen LogP contribution in [0.4, 0.5) is 0 Å². The van der Waals surface area contributed by atoms with Gasteiger partial charge in [0, 0.05) is 31.5 Å². The number of fused-ring (bicyclic) bond motifs is 3. The molecule has 122 valence electrons. The summed E-state index contributed by atoms with van der Waals surface area (Å²) in [5.74, 6) is 0.549. The standard InChI is InChI=1S/C15H19N5O3/c1-5-6-19-13(22)11-12(17(4)15(19)23)16-14-18(7-8-21)9(2)10(3)20(11)14/h5,21H,1,6-8H2,2-4H3. The van der Waals surface area contributed by atoms with Gasteiger partial charge in [-0.1, -0.05) is 6.08 Å². The minimum atomic E-state index is -0.425. The molecule has 0 unspecified atom stereocenters. The molecule has 0 atom stereocenters. The number of rotatable bonds is 4. The molecule has 0 aliphatic carbocycles. The van der Waals surface area contributed by atoms with Gasteiger partial charge in [-0.3, -0.25) is 18.3 Å². The first kappa shape index (κ1) is 15.3. The molecule has 0 aromatic carbocycles. The maximum Gasteiger partial charge on any atom is 0.332 e. The molecule has 0 bridgehead atoms. The molecule has 0 aliphatic heterocycles. The molecule has 3 heterocycles. The molecule has 0 saturated carbocycles. The summed E-state index contributed by atoms with van der Waals surface area (Å²) in [4.78, 5) is 29.6. The molecular weight excluding hydrogens is 298 g/mol. The van der Waals surface area contributed by atoms with E-state index in [9.17, 15) is 14.7 Å². The number of nitrogens with zero attached hydrogens (tertiary/aromatic N) is 5. The Labute approximate surface area is 131 Å². The third kappa shape index (κ3) is 1.91. The van der Waals surface area contributed by atoms with Crippen molar-refractivity contribution in [1.29, 1.82) is 0 Å². The molecule has 0 aliphatic rings. The van der Waals surface area contributed by atoms with Gasteiger partial charge in [0.1, 0.15) is 0 Å². The van der Waals surface area contributed by atoms with E-state index in [1.54, 1.807) is 11.4 Å². The maximum absolute atomic E-state index is 12.8. The van der Waals surface area contributed by atoms with Gasteiger partial charge >= 0.3 is 5.69 Å². The van der Waals surface area contributed by atoms with Crippen LogP contribution in [-0.4, -0.2) is 34.8 Å². The SMILES string of the molecule is C=CCn1c(=O)c2c(nc3n(CCO)c(C)c(C)n23)n(C)c1=O. The van der Waals surface area contributed by atoms with Crippen molar-refractivity contribution in [3.05, 3.63) is 44.9 Å². The molecule has 1 N–H and O–H groups in total. The van der Waals surface area contributed by atoms with E-state index in [4.69, 9.17) is 0 Å². The minimum absolute atomic E-state index is 0.0343. The molecular formula is C15H19N5O3. The van der Waals surface area contributed by atoms with Crippen LogP contribution in [0.2, 0.25) is 0 Å². The molecule has 0 amide bonds. The predicted octanol–water partition coefficient (Wildman–Crippen LogP) is -0.0555. The van der Waals surface area contributed by atoms with Gasteiger partial charge in [-0.15, -0.1) is 6.58 Å². The minimum Gasteiger partial charge on any atom is -0.395 e. The van der Waals surface area contributed by atoms with Crippen molar-refractivity contribution in [2.45, 2.75) is 26.9 Å². The molecule has 0 radical (unpaired) electrons. The smallest absolute Gasteiger partial charge is 0.332 e. The summed E-state index contributed by atoms with van der Waals surface area (Å²) in [6.45, 7) is 7.88. The van der Waals surface area contributed by atoms with E-state index in [0.717, 1.165) is 16.0 Å². The maximum atomic E-state index is 12.8. The van der Waals surface area contributed by atoms with Gasteiger partial charge in [0.2, 0.25) is 5.78 Å². The molecule has 8 heteroatoms. The van der Waals surface area contributed by atoms with E-state index in [1.807, 2.05) is 18.4 Å². The Morgan fingerprint density at radius 3 is 2.52 bits per heavy atom. The third-order valence-electron chi connectivity index (χ3n) is 4.27. The topological polar surface area (TPSA) is 86.5 Å². The first-order valence-electron chi connectivity index (χ1n) is 7.33. The van der Waals surface area contributed by atoms with Gasteiger partial charge in [-0.05, 0) is 13.8 Å². The van der Waals surface area contributed by atoms with Crippen LogP contribution >= 0.6 is 0 Å². The van der Waals surface area contributed by atoms with Crippen LogP contribution in [0, 0.1) is 13.8 Å². The number of aryl methyl sites for hydroxylation is 2. The average Bonchev–Trinajstić information content (AvgIpc) is 3.02. The average molecular weight is 317 g/mol. The van der Waals surface area contributed by atoms with Crippen molar-refractivity contribution in [2.75, 3.05) is 6.61 Å². The summed E-state index contributed by atoms with van der Waals surface area (Å²) in [6.07, 6.45) is 1.52. The van der Waals surface area contributed by atoms with Crippen LogP contribution in [0.25, 0.3) is 16.9 Å². The van der Waals surface area contributed by atoms with Crippen LogP contribution in [-0.2, 0) is 20.1 Å². The lowest BCUT2D eigenvalue weighted by atomic mass is 10.3. The molecule has 3 aromatic heterocycles. The Bertz CT molecular complexity index is 1050. The fourth-order valence-electron chi connectivity index (χ4n) is 2.97. The van der Waals surface area contributed by atoms with Gasteiger partial charge < -0.3 is 9.67 Å². The van der Waals surface area contributed by atoms with Crippen LogP contribution in [0.1, 0.15) is 11.4 Å². The monoisotopic (exact) mass is 317 g/mol. The zero-order chi connectivity index (χ0) is 16.9. The van der Waals surface area contributed by atoms with Gasteiger partial charge in [0.05, 0.1) is 6.61 Å². The molecule has 23 heavy (non-hydrogen) atoms. The number of aromatic nitrogens is 5. The zero-order valence-corrected chi connectivity index (χ0v) is 13.4. The summed E-state index contributed by atoms with van der Waals surface area (Å²) in [6, 6.07) is 0. The highest BCUT2D eigenvalue weighted by atomic mass is 16.3. The first-order valence-corrected chi connectivity index (χ1v) is 7.33. The largest absolute Gasteiger partial charge is 0.395 e. The second-order valence-electron chi connectivity index (χ2n) is 5.51. The van der Waals surface area contributed by atoms with Crippen molar-refractivity contribution in [2.24, 2.45) is 7.05 Å². The Morgan fingerprint density at radius 1 is 1.22 bits per heavy atom. The summed E-state index contributed by atoms with van der Waals surface area (Å²) in [5, 5.41) is 9.27. The molecule has 3 rings (SSSR count). The van der Waals surface area contributed by atoms with E-state index < -0.39 is 5.69 Å². The van der Waals surface area contributed by atoms with Gasteiger partial charge in [-0.2, -0.15) is 4.98 Å². The third-order valence-corrected chi connectivity index (χ3v) is 4.27. The molecule has 8 nitrogen and oxygen atoms in total. The fourth-order valence-corrected chi connectivity index (χ4v) is 2.97. The summed E-state index contributed by atoms with van der Waals surface area (Å²) in [5.41, 5.74) is 1.67. The predicted molar refractivity (Wildman–Crippen MR) is 86.9 cm³/mol. The lowest BCUT2D eigenvalue weighted by Crippen LogP contribution is -2.39. The number of imidazole rings is 2. The van der Waals surface area contributed by atoms with E-state index in [-0.39, 0.29) is 18.7 Å². The van der Waals surface area contributed by atoms with Crippen molar-refractivity contribution in [3.8, 4) is 0 Å². The molecule has 3 aromatic rings. The van der Waals surface area contributed by atoms with Gasteiger partial charge in [0.25, 0.3) is 5.56 Å². The Kier molecular flexibility index (Phi) is 3.48. The first-order chi connectivity index (χ1) is 10.9. The quantitative estimate of drug-likeness (QED) is 0.683. The fraction of sp³-hybridized carbons (Fsp3) is 0.400. The van der Waals surface area contributed by atoms with E-state index >= 15 is 0 Å². The van der Waals surface area contributed by atoms with E-state index in [0.29, 0.717) is 23.5 Å². The van der Waals surface area contributed by atoms with Crippen LogP contribution in [0.5, 0.6) is 0 Å². The molecule has 0 spiro atoms. The van der Waals surface area contributed by atoms with Crippen molar-refractivity contribution < 1.29 is 5.11 Å². The van der Waals surface area contributed by atoms with Crippen LogP contribution in [0.15, 0.2) is 22.2 Å². The number of hydrogen-bond donors (Lipinski definition) is 1. The van der Waals surface area contributed by atoms with E-state index in [2.05, 4.69) is 11.6 Å². The highest BCUT2D eigenvalue weighted by Crippen LogP contribution is 2.20. The normalized spacial score (nSPS) is 11.7. The van der Waals surface area contributed by atoms with Gasteiger partial charge in [0.15, 0.2) is 11.2 Å². The van der Waals surface area contributed by atoms with E-state index in [1.165, 1.54) is 10.6 Å². The van der Waals surface area contributed by atoms with Crippen molar-refractivity contribution in [3.63, 3.8) is 0 Å². The second-order valence-corrected chi connectivity index (χ2v) is 5.51. The number of aliphatic hydroxyl groups excluding tert-OH is 1. The van der Waals surface area contributed by atoms with Crippen molar-refractivity contribution >= 4 is 16.9 Å². The highest BCUT2D eigenvalue weighted by molar-refractivity contribution is 5.76.